The van der Waals surface area contributed by atoms with Gasteiger partial charge in [0.05, 0.1) is 49.5 Å². The van der Waals surface area contributed by atoms with Gasteiger partial charge in [0.15, 0.2) is 17.3 Å². The van der Waals surface area contributed by atoms with Gasteiger partial charge in [-0.2, -0.15) is 0 Å². The van der Waals surface area contributed by atoms with Crippen LogP contribution in [0, 0.1) is 29.6 Å². The largest absolute Gasteiger partial charge is 0.508 e. The number of benzene rings is 1. The van der Waals surface area contributed by atoms with Gasteiger partial charge in [0.25, 0.3) is 0 Å². The highest BCUT2D eigenvalue weighted by atomic mass is 16.3. The van der Waals surface area contributed by atoms with Crippen LogP contribution in [-0.4, -0.2) is 129 Å². The first kappa shape index (κ1) is 55.7. The monoisotopic (exact) mass is 954 g/mol. The van der Waals surface area contributed by atoms with Crippen molar-refractivity contribution in [2.75, 3.05) is 19.6 Å². The molecule has 0 spiro atoms. The number of aliphatic hydroxyl groups is 1. The summed E-state index contributed by atoms with van der Waals surface area (Å²) < 4.78 is 0. The van der Waals surface area contributed by atoms with Crippen LogP contribution in [-0.2, 0) is 64.0 Å². The number of amides is 8. The first-order valence-corrected chi connectivity index (χ1v) is 22.8. The standard InChI is InChI=1S/C46H66N8O14/c1-4-24(2)42-37(60)17-27(7-13-38(47)61)43(65)52-35(20-39(48)62)36(59)18-29(46(68)54(30-8-9-30)23-33(58)19-34(25(3)55)45(67)51-22-40(49)63)21-50-41(64)14-12-32(57)16-28(44(66)53-42)15-26-5-10-31(56)11-6-26/h5-6,10-11,24-25,27-30,34-35,42,55-56H,4,7-9,12-23H2,1-3H3,(H2,47,61)(H2,48,62)(H2,49,63)(H,50,64)(H,51,67)(H,52,65)(H,53,66)/t24-,25+,27+,28+,29-,34-,35-,42-/m0/s1. The van der Waals surface area contributed by atoms with E-state index in [-0.39, 0.29) is 37.9 Å². The molecule has 1 aromatic rings. The third kappa shape index (κ3) is 18.6. The highest BCUT2D eigenvalue weighted by molar-refractivity contribution is 5.99. The van der Waals surface area contributed by atoms with E-state index in [0.29, 0.717) is 24.8 Å². The average molecular weight is 955 g/mol. The minimum atomic E-state index is -1.69. The molecule has 1 heterocycles. The lowest BCUT2D eigenvalue weighted by atomic mass is 9.86. The van der Waals surface area contributed by atoms with Gasteiger partial charge in [0, 0.05) is 69.4 Å². The van der Waals surface area contributed by atoms with Gasteiger partial charge in [-0.25, -0.2) is 0 Å². The summed E-state index contributed by atoms with van der Waals surface area (Å²) >= 11 is 0. The van der Waals surface area contributed by atoms with Gasteiger partial charge in [-0.3, -0.25) is 57.5 Å². The molecule has 0 bridgehead atoms. The van der Waals surface area contributed by atoms with E-state index in [1.807, 2.05) is 0 Å². The molecular weight excluding hydrogens is 889 g/mol. The summed E-state index contributed by atoms with van der Waals surface area (Å²) in [6.07, 6.45) is -4.51. The number of hydrogen-bond donors (Lipinski definition) is 9. The number of aliphatic hydroxyl groups excluding tert-OH is 1. The zero-order chi connectivity index (χ0) is 50.8. The molecule has 12 N–H and O–H groups in total. The second-order valence-electron chi connectivity index (χ2n) is 17.9. The molecule has 1 aromatic carbocycles. The maximum atomic E-state index is 14.4. The van der Waals surface area contributed by atoms with Gasteiger partial charge in [-0.15, -0.1) is 0 Å². The highest BCUT2D eigenvalue weighted by Crippen LogP contribution is 2.30. The molecule has 0 radical (unpaired) electrons. The number of nitrogens with two attached hydrogens (primary N) is 3. The van der Waals surface area contributed by atoms with Crippen molar-refractivity contribution < 1.29 is 67.7 Å². The van der Waals surface area contributed by atoms with Crippen molar-refractivity contribution >= 4 is 70.4 Å². The summed E-state index contributed by atoms with van der Waals surface area (Å²) in [5, 5.41) is 30.2. The minimum absolute atomic E-state index is 0.00362. The van der Waals surface area contributed by atoms with Crippen LogP contribution >= 0.6 is 0 Å². The Morgan fingerprint density at radius 1 is 0.824 bits per heavy atom. The third-order valence-corrected chi connectivity index (χ3v) is 12.2. The van der Waals surface area contributed by atoms with E-state index < -0.39 is 176 Å². The summed E-state index contributed by atoms with van der Waals surface area (Å²) in [5.74, 6) is -15.1. The number of Topliss-reactive ketones (excluding diaryl/α,β-unsaturated/α-hetero) is 4. The van der Waals surface area contributed by atoms with Gasteiger partial charge < -0.3 is 53.6 Å². The van der Waals surface area contributed by atoms with E-state index in [1.54, 1.807) is 26.0 Å². The SMILES string of the molecule is CC[C@H](C)[C@@H]1NC(=O)[C@H](Cc2ccc(O)cc2)CC(=O)CCC(=O)NC[C@@H](C(=O)N(CC(=O)C[C@H](C(=O)NCC(N)=O)[C@@H](C)O)C2CC2)CC(=O)[C@H](CC(N)=O)NC(=O)[C@H](CCC(N)=O)CC1=O. The van der Waals surface area contributed by atoms with Crippen molar-refractivity contribution in [3.05, 3.63) is 29.8 Å². The number of carbonyl (C=O) groups is 12. The summed E-state index contributed by atoms with van der Waals surface area (Å²) in [4.78, 5) is 161. The van der Waals surface area contributed by atoms with E-state index in [4.69, 9.17) is 17.2 Å². The lowest BCUT2D eigenvalue weighted by molar-refractivity contribution is -0.142. The van der Waals surface area contributed by atoms with Crippen molar-refractivity contribution in [1.29, 1.82) is 0 Å². The quantitative estimate of drug-likeness (QED) is 0.0745. The van der Waals surface area contributed by atoms with Crippen LogP contribution in [0.4, 0.5) is 0 Å². The van der Waals surface area contributed by atoms with Crippen LogP contribution < -0.4 is 38.5 Å². The number of primary amides is 3. The summed E-state index contributed by atoms with van der Waals surface area (Å²) in [6, 6.07) is 2.54. The van der Waals surface area contributed by atoms with Crippen molar-refractivity contribution in [2.45, 2.75) is 128 Å². The second kappa shape index (κ2) is 26.7. The van der Waals surface area contributed by atoms with Crippen LogP contribution in [0.3, 0.4) is 0 Å². The fourth-order valence-corrected chi connectivity index (χ4v) is 7.85. The van der Waals surface area contributed by atoms with E-state index in [1.165, 1.54) is 24.0 Å². The maximum Gasteiger partial charge on any atom is 0.236 e. The van der Waals surface area contributed by atoms with Gasteiger partial charge in [-0.1, -0.05) is 32.4 Å². The predicted octanol–water partition coefficient (Wildman–Crippen LogP) is -1.72. The molecule has 22 nitrogen and oxygen atoms in total. The highest BCUT2D eigenvalue weighted by Gasteiger charge is 2.41. The van der Waals surface area contributed by atoms with E-state index in [0.717, 1.165) is 0 Å². The molecule has 2 aliphatic rings. The van der Waals surface area contributed by atoms with E-state index in [9.17, 15) is 67.7 Å². The Bertz CT molecular complexity index is 2060. The van der Waals surface area contributed by atoms with Crippen LogP contribution in [0.1, 0.15) is 103 Å². The first-order chi connectivity index (χ1) is 32.0. The molecule has 1 aliphatic carbocycles. The molecule has 1 saturated heterocycles. The number of rotatable bonds is 19. The molecular formula is C46H66N8O14. The fraction of sp³-hybridized carbons (Fsp3) is 0.609. The Morgan fingerprint density at radius 3 is 2.04 bits per heavy atom. The normalized spacial score (nSPS) is 22.9. The smallest absolute Gasteiger partial charge is 0.236 e. The van der Waals surface area contributed by atoms with Gasteiger partial charge in [0.1, 0.15) is 11.5 Å². The summed E-state index contributed by atoms with van der Waals surface area (Å²) in [6.45, 7) is 3.04. The lowest BCUT2D eigenvalue weighted by Crippen LogP contribution is -2.51. The number of phenolic OH excluding ortho intramolecular Hbond substituents is 1. The Kier molecular flexibility index (Phi) is 21.9. The Balaban J connectivity index is 2.05. The van der Waals surface area contributed by atoms with Crippen molar-refractivity contribution in [1.82, 2.24) is 26.2 Å². The number of phenols is 1. The molecule has 8 amide bonds. The molecule has 374 valence electrons. The Hall–Kier alpha value is -6.58. The van der Waals surface area contributed by atoms with E-state index in [2.05, 4.69) is 21.3 Å². The zero-order valence-electron chi connectivity index (χ0n) is 38.8. The number of carbonyl (C=O) groups excluding carboxylic acids is 12. The topological polar surface area (TPSA) is 375 Å². The minimum Gasteiger partial charge on any atom is -0.508 e. The van der Waals surface area contributed by atoms with Crippen molar-refractivity contribution in [3.8, 4) is 5.75 Å². The number of hydrogen-bond acceptors (Lipinski definition) is 14. The van der Waals surface area contributed by atoms with Crippen LogP contribution in [0.25, 0.3) is 0 Å². The number of aromatic hydroxyl groups is 1. The number of nitrogens with zero attached hydrogens (tertiary/aromatic N) is 1. The fourth-order valence-electron chi connectivity index (χ4n) is 7.85. The maximum absolute atomic E-state index is 14.4. The number of nitrogens with one attached hydrogen (secondary N) is 4. The zero-order valence-corrected chi connectivity index (χ0v) is 38.8. The predicted molar refractivity (Wildman–Crippen MR) is 241 cm³/mol. The molecule has 3 rings (SSSR count). The van der Waals surface area contributed by atoms with Crippen LogP contribution in [0.15, 0.2) is 24.3 Å². The van der Waals surface area contributed by atoms with Crippen LogP contribution in [0.2, 0.25) is 0 Å². The molecule has 68 heavy (non-hydrogen) atoms. The lowest BCUT2D eigenvalue weighted by Gasteiger charge is -2.29. The average Bonchev–Trinajstić information content (AvgIpc) is 4.12. The van der Waals surface area contributed by atoms with Crippen LogP contribution in [0.5, 0.6) is 5.75 Å². The van der Waals surface area contributed by atoms with Gasteiger partial charge in [0.2, 0.25) is 47.3 Å². The van der Waals surface area contributed by atoms with Crippen molar-refractivity contribution in [3.63, 3.8) is 0 Å². The third-order valence-electron chi connectivity index (χ3n) is 12.2. The summed E-state index contributed by atoms with van der Waals surface area (Å²) in [7, 11) is 0. The Labute approximate surface area is 394 Å². The van der Waals surface area contributed by atoms with Gasteiger partial charge in [-0.05, 0) is 56.2 Å². The van der Waals surface area contributed by atoms with Crippen molar-refractivity contribution in [2.24, 2.45) is 46.8 Å². The Morgan fingerprint density at radius 2 is 1.47 bits per heavy atom. The molecule has 2 fully saturated rings. The summed E-state index contributed by atoms with van der Waals surface area (Å²) in [5.41, 5.74) is 16.6. The molecule has 8 atom stereocenters. The number of ketones is 4. The molecule has 22 heteroatoms. The molecule has 1 saturated carbocycles. The van der Waals surface area contributed by atoms with E-state index >= 15 is 0 Å². The molecule has 0 unspecified atom stereocenters. The second-order valence-corrected chi connectivity index (χ2v) is 17.9. The first-order valence-electron chi connectivity index (χ1n) is 22.8. The molecule has 0 aromatic heterocycles. The molecule has 1 aliphatic heterocycles. The van der Waals surface area contributed by atoms with Gasteiger partial charge >= 0.3 is 0 Å².